The molecule has 20 heavy (non-hydrogen) atoms. The number of nitro benzene ring substituents is 1. The second-order valence-electron chi connectivity index (χ2n) is 4.75. The third-order valence-corrected chi connectivity index (χ3v) is 3.46. The maximum absolute atomic E-state index is 11.1. The standard InChI is InChI=1S/C13H19N3O4/c14-11-2-1-3-12(13(11)16(18)19)15-6-4-10(5-7-15)20-9-8-17/h1-3,10,17H,4-9,14H2. The lowest BCUT2D eigenvalue weighted by atomic mass is 10.1. The Balaban J connectivity index is 2.07. The van der Waals surface area contributed by atoms with Crippen LogP contribution in [0.2, 0.25) is 0 Å². The number of aliphatic hydroxyl groups is 1. The molecule has 1 fully saturated rings. The molecule has 1 heterocycles. The Kier molecular flexibility index (Phi) is 4.75. The van der Waals surface area contributed by atoms with Crippen molar-refractivity contribution in [3.63, 3.8) is 0 Å². The zero-order valence-electron chi connectivity index (χ0n) is 11.2. The molecule has 1 aromatic carbocycles. The summed E-state index contributed by atoms with van der Waals surface area (Å²) in [6.07, 6.45) is 1.68. The molecule has 2 rings (SSSR count). The van der Waals surface area contributed by atoms with Crippen molar-refractivity contribution in [2.24, 2.45) is 0 Å². The third kappa shape index (κ3) is 3.17. The minimum absolute atomic E-state index is 0.0148. The van der Waals surface area contributed by atoms with E-state index in [1.807, 2.05) is 4.90 Å². The summed E-state index contributed by atoms with van der Waals surface area (Å²) in [5, 5.41) is 19.9. The zero-order chi connectivity index (χ0) is 14.5. The number of benzene rings is 1. The summed E-state index contributed by atoms with van der Waals surface area (Å²) in [6.45, 7) is 1.71. The Labute approximate surface area is 117 Å². The highest BCUT2D eigenvalue weighted by Gasteiger charge is 2.26. The molecular weight excluding hydrogens is 262 g/mol. The van der Waals surface area contributed by atoms with E-state index >= 15 is 0 Å². The average Bonchev–Trinajstić information content (AvgIpc) is 2.45. The largest absolute Gasteiger partial charge is 0.394 e. The summed E-state index contributed by atoms with van der Waals surface area (Å²) >= 11 is 0. The fourth-order valence-corrected chi connectivity index (χ4v) is 2.49. The van der Waals surface area contributed by atoms with Crippen LogP contribution < -0.4 is 10.6 Å². The number of hydrogen-bond donors (Lipinski definition) is 2. The Morgan fingerprint density at radius 3 is 2.75 bits per heavy atom. The first kappa shape index (κ1) is 14.5. The fraction of sp³-hybridized carbons (Fsp3) is 0.538. The van der Waals surface area contributed by atoms with Crippen molar-refractivity contribution < 1.29 is 14.8 Å². The predicted molar refractivity (Wildman–Crippen MR) is 75.8 cm³/mol. The maximum atomic E-state index is 11.1. The highest BCUT2D eigenvalue weighted by molar-refractivity contribution is 5.75. The molecule has 0 spiro atoms. The monoisotopic (exact) mass is 281 g/mol. The molecule has 110 valence electrons. The van der Waals surface area contributed by atoms with E-state index in [9.17, 15) is 10.1 Å². The number of nitrogen functional groups attached to an aromatic ring is 1. The van der Waals surface area contributed by atoms with Crippen LogP contribution in [0.5, 0.6) is 0 Å². The molecule has 0 radical (unpaired) electrons. The number of anilines is 2. The zero-order valence-corrected chi connectivity index (χ0v) is 11.2. The van der Waals surface area contributed by atoms with E-state index in [1.165, 1.54) is 0 Å². The highest BCUT2D eigenvalue weighted by Crippen LogP contribution is 2.35. The van der Waals surface area contributed by atoms with E-state index in [4.69, 9.17) is 15.6 Å². The van der Waals surface area contributed by atoms with Gasteiger partial charge >= 0.3 is 5.69 Å². The molecule has 7 nitrogen and oxygen atoms in total. The summed E-state index contributed by atoms with van der Waals surface area (Å²) in [7, 11) is 0. The van der Waals surface area contributed by atoms with Crippen LogP contribution in [0, 0.1) is 10.1 Å². The number of rotatable bonds is 5. The van der Waals surface area contributed by atoms with E-state index in [0.717, 1.165) is 12.8 Å². The Morgan fingerprint density at radius 1 is 1.45 bits per heavy atom. The number of ether oxygens (including phenoxy) is 1. The lowest BCUT2D eigenvalue weighted by Gasteiger charge is -2.33. The number of nitrogens with zero attached hydrogens (tertiary/aromatic N) is 2. The van der Waals surface area contributed by atoms with Gasteiger partial charge < -0.3 is 20.5 Å². The highest BCUT2D eigenvalue weighted by atomic mass is 16.6. The van der Waals surface area contributed by atoms with Gasteiger partial charge in [0, 0.05) is 13.1 Å². The van der Waals surface area contributed by atoms with Crippen molar-refractivity contribution in [3.05, 3.63) is 28.3 Å². The molecule has 1 aliphatic heterocycles. The Morgan fingerprint density at radius 2 is 2.15 bits per heavy atom. The molecule has 7 heteroatoms. The van der Waals surface area contributed by atoms with Gasteiger partial charge in [-0.3, -0.25) is 10.1 Å². The van der Waals surface area contributed by atoms with Gasteiger partial charge in [0.05, 0.1) is 24.2 Å². The topological polar surface area (TPSA) is 102 Å². The van der Waals surface area contributed by atoms with Crippen molar-refractivity contribution in [1.82, 2.24) is 0 Å². The van der Waals surface area contributed by atoms with Gasteiger partial charge in [-0.1, -0.05) is 6.07 Å². The number of piperidine rings is 1. The molecule has 1 aliphatic rings. The van der Waals surface area contributed by atoms with Gasteiger partial charge in [-0.15, -0.1) is 0 Å². The second-order valence-corrected chi connectivity index (χ2v) is 4.75. The Bertz CT molecular complexity index is 473. The lowest BCUT2D eigenvalue weighted by molar-refractivity contribution is -0.383. The molecule has 0 aliphatic carbocycles. The summed E-state index contributed by atoms with van der Waals surface area (Å²) in [5.41, 5.74) is 6.43. The molecule has 0 amide bonds. The van der Waals surface area contributed by atoms with Gasteiger partial charge in [-0.2, -0.15) is 0 Å². The van der Waals surface area contributed by atoms with Crippen LogP contribution in [0.4, 0.5) is 17.1 Å². The maximum Gasteiger partial charge on any atom is 0.315 e. The van der Waals surface area contributed by atoms with Crippen LogP contribution in [0.15, 0.2) is 18.2 Å². The van der Waals surface area contributed by atoms with Gasteiger partial charge in [0.25, 0.3) is 0 Å². The molecular formula is C13H19N3O4. The fourth-order valence-electron chi connectivity index (χ4n) is 2.49. The minimum atomic E-state index is -0.432. The molecule has 0 unspecified atom stereocenters. The molecule has 0 bridgehead atoms. The van der Waals surface area contributed by atoms with Gasteiger partial charge in [-0.25, -0.2) is 0 Å². The van der Waals surface area contributed by atoms with Crippen LogP contribution in [0.3, 0.4) is 0 Å². The summed E-state index contributed by atoms with van der Waals surface area (Å²) in [5.74, 6) is 0. The first-order valence-corrected chi connectivity index (χ1v) is 6.63. The number of hydrogen-bond acceptors (Lipinski definition) is 6. The predicted octanol–water partition coefficient (Wildman–Crippen LogP) is 1.15. The van der Waals surface area contributed by atoms with Crippen LogP contribution in [0.25, 0.3) is 0 Å². The van der Waals surface area contributed by atoms with Crippen molar-refractivity contribution in [3.8, 4) is 0 Å². The van der Waals surface area contributed by atoms with Gasteiger partial charge in [-0.05, 0) is 25.0 Å². The third-order valence-electron chi connectivity index (χ3n) is 3.46. The molecule has 0 atom stereocenters. The molecule has 1 saturated heterocycles. The van der Waals surface area contributed by atoms with Crippen molar-refractivity contribution >= 4 is 17.1 Å². The smallest absolute Gasteiger partial charge is 0.315 e. The molecule has 3 N–H and O–H groups in total. The van der Waals surface area contributed by atoms with E-state index < -0.39 is 4.92 Å². The van der Waals surface area contributed by atoms with Crippen LogP contribution in [0.1, 0.15) is 12.8 Å². The number of para-hydroxylation sites is 1. The summed E-state index contributed by atoms with van der Waals surface area (Å²) in [4.78, 5) is 12.7. The SMILES string of the molecule is Nc1cccc(N2CCC(OCCO)CC2)c1[N+](=O)[O-]. The second kappa shape index (κ2) is 6.53. The number of aliphatic hydroxyl groups excluding tert-OH is 1. The molecule has 0 saturated carbocycles. The lowest BCUT2D eigenvalue weighted by Crippen LogP contribution is -2.37. The average molecular weight is 281 g/mol. The van der Waals surface area contributed by atoms with Gasteiger partial charge in [0.15, 0.2) is 0 Å². The Hall–Kier alpha value is -1.86. The normalized spacial score (nSPS) is 16.4. The van der Waals surface area contributed by atoms with Crippen molar-refractivity contribution in [1.29, 1.82) is 0 Å². The molecule has 0 aromatic heterocycles. The number of nitrogens with two attached hydrogens (primary N) is 1. The van der Waals surface area contributed by atoms with E-state index in [2.05, 4.69) is 0 Å². The van der Waals surface area contributed by atoms with Crippen molar-refractivity contribution in [2.45, 2.75) is 18.9 Å². The van der Waals surface area contributed by atoms with Crippen LogP contribution in [-0.2, 0) is 4.74 Å². The molecule has 1 aromatic rings. The van der Waals surface area contributed by atoms with E-state index in [-0.39, 0.29) is 24.1 Å². The quantitative estimate of drug-likeness (QED) is 0.477. The van der Waals surface area contributed by atoms with E-state index in [1.54, 1.807) is 18.2 Å². The van der Waals surface area contributed by atoms with E-state index in [0.29, 0.717) is 25.4 Å². The van der Waals surface area contributed by atoms with Gasteiger partial charge in [0.1, 0.15) is 11.4 Å². The first-order chi connectivity index (χ1) is 9.63. The van der Waals surface area contributed by atoms with Crippen molar-refractivity contribution in [2.75, 3.05) is 36.9 Å². The minimum Gasteiger partial charge on any atom is -0.394 e. The summed E-state index contributed by atoms with van der Waals surface area (Å²) < 4.78 is 5.48. The van der Waals surface area contributed by atoms with Crippen LogP contribution in [-0.4, -0.2) is 42.4 Å². The summed E-state index contributed by atoms with van der Waals surface area (Å²) in [6, 6.07) is 4.99. The van der Waals surface area contributed by atoms with Crippen LogP contribution >= 0.6 is 0 Å². The number of nitro groups is 1. The van der Waals surface area contributed by atoms with Gasteiger partial charge in [0.2, 0.25) is 0 Å². The first-order valence-electron chi connectivity index (χ1n) is 6.63.